The Bertz CT molecular complexity index is 507. The topological polar surface area (TPSA) is 56.1 Å². The highest BCUT2D eigenvalue weighted by Crippen LogP contribution is 2.07. The minimum atomic E-state index is 0.735. The monoisotopic (exact) mass is 259 g/mol. The van der Waals surface area contributed by atoms with E-state index < -0.39 is 0 Å². The maximum Gasteiger partial charge on any atom is 0.157 e. The third kappa shape index (κ3) is 3.15. The summed E-state index contributed by atoms with van der Waals surface area (Å²) < 4.78 is 7.22. The van der Waals surface area contributed by atoms with Crippen LogP contribution in [0.1, 0.15) is 11.4 Å². The van der Waals surface area contributed by atoms with Gasteiger partial charge in [0.15, 0.2) is 5.82 Å². The minimum absolute atomic E-state index is 0.735. The normalized spacial score (nSPS) is 16.6. The van der Waals surface area contributed by atoms with E-state index in [0.29, 0.717) is 0 Å². The van der Waals surface area contributed by atoms with Gasteiger partial charge in [0, 0.05) is 19.5 Å². The minimum Gasteiger partial charge on any atom is -0.379 e. The van der Waals surface area contributed by atoms with Gasteiger partial charge < -0.3 is 4.74 Å². The van der Waals surface area contributed by atoms with Crippen LogP contribution in [0.4, 0.5) is 0 Å². The second kappa shape index (κ2) is 5.90. The van der Waals surface area contributed by atoms with Gasteiger partial charge in [0.25, 0.3) is 0 Å². The highest BCUT2D eigenvalue weighted by molar-refractivity contribution is 5.18. The van der Waals surface area contributed by atoms with E-state index in [2.05, 4.69) is 32.6 Å². The molecule has 2 heterocycles. The first-order valence-electron chi connectivity index (χ1n) is 6.51. The van der Waals surface area contributed by atoms with Crippen LogP contribution in [0, 0.1) is 0 Å². The molecule has 0 N–H and O–H groups in total. The number of hydrogen-bond acceptors (Lipinski definition) is 5. The summed E-state index contributed by atoms with van der Waals surface area (Å²) in [5.74, 6) is 0.901. The summed E-state index contributed by atoms with van der Waals surface area (Å²) in [6, 6.07) is 10.3. The van der Waals surface area contributed by atoms with Crippen molar-refractivity contribution in [3.63, 3.8) is 0 Å². The Morgan fingerprint density at radius 3 is 2.68 bits per heavy atom. The van der Waals surface area contributed by atoms with Crippen molar-refractivity contribution in [2.75, 3.05) is 26.3 Å². The SMILES string of the molecule is c1ccc(Cc2nnnn2CN2CCOCC2)cc1. The number of nitrogens with zero attached hydrogens (tertiary/aromatic N) is 5. The Labute approximate surface area is 112 Å². The van der Waals surface area contributed by atoms with Gasteiger partial charge >= 0.3 is 0 Å². The van der Waals surface area contributed by atoms with E-state index in [-0.39, 0.29) is 0 Å². The van der Waals surface area contributed by atoms with Crippen molar-refractivity contribution in [2.45, 2.75) is 13.1 Å². The molecule has 0 bridgehead atoms. The third-order valence-electron chi connectivity index (χ3n) is 3.25. The van der Waals surface area contributed by atoms with E-state index >= 15 is 0 Å². The van der Waals surface area contributed by atoms with Gasteiger partial charge in [-0.2, -0.15) is 0 Å². The zero-order valence-electron chi connectivity index (χ0n) is 10.8. The molecule has 6 heteroatoms. The summed E-state index contributed by atoms with van der Waals surface area (Å²) >= 11 is 0. The Kier molecular flexibility index (Phi) is 3.81. The van der Waals surface area contributed by atoms with E-state index in [1.807, 2.05) is 22.9 Å². The molecule has 1 aromatic carbocycles. The molecule has 100 valence electrons. The van der Waals surface area contributed by atoms with Crippen LogP contribution in [0.25, 0.3) is 0 Å². The highest BCUT2D eigenvalue weighted by Gasteiger charge is 2.14. The fraction of sp³-hybridized carbons (Fsp3) is 0.462. The van der Waals surface area contributed by atoms with Crippen LogP contribution < -0.4 is 0 Å². The van der Waals surface area contributed by atoms with Crippen molar-refractivity contribution in [1.29, 1.82) is 0 Å². The molecule has 0 radical (unpaired) electrons. The van der Waals surface area contributed by atoms with Crippen LogP contribution in [0.3, 0.4) is 0 Å². The first kappa shape index (κ1) is 12.3. The molecule has 0 amide bonds. The lowest BCUT2D eigenvalue weighted by Gasteiger charge is -2.26. The quantitative estimate of drug-likeness (QED) is 0.802. The largest absolute Gasteiger partial charge is 0.379 e. The molecule has 2 aromatic rings. The average molecular weight is 259 g/mol. The smallest absolute Gasteiger partial charge is 0.157 e. The molecule has 0 saturated carbocycles. The Morgan fingerprint density at radius 2 is 1.89 bits per heavy atom. The second-order valence-corrected chi connectivity index (χ2v) is 4.63. The maximum absolute atomic E-state index is 5.34. The number of aromatic nitrogens is 4. The molecule has 6 nitrogen and oxygen atoms in total. The first-order chi connectivity index (χ1) is 9.42. The average Bonchev–Trinajstić information content (AvgIpc) is 2.88. The van der Waals surface area contributed by atoms with E-state index in [9.17, 15) is 0 Å². The third-order valence-corrected chi connectivity index (χ3v) is 3.25. The van der Waals surface area contributed by atoms with Crippen molar-refractivity contribution in [2.24, 2.45) is 0 Å². The van der Waals surface area contributed by atoms with Crippen LogP contribution in [0.5, 0.6) is 0 Å². The Balaban J connectivity index is 1.68. The molecular formula is C13H17N5O. The predicted octanol–water partition coefficient (Wildman–Crippen LogP) is 0.554. The van der Waals surface area contributed by atoms with Gasteiger partial charge in [-0.1, -0.05) is 30.3 Å². The fourth-order valence-electron chi connectivity index (χ4n) is 2.17. The van der Waals surface area contributed by atoms with E-state index in [0.717, 1.165) is 45.2 Å². The fourth-order valence-corrected chi connectivity index (χ4v) is 2.17. The van der Waals surface area contributed by atoms with Gasteiger partial charge in [-0.25, -0.2) is 4.68 Å². The predicted molar refractivity (Wildman–Crippen MR) is 69.5 cm³/mol. The first-order valence-corrected chi connectivity index (χ1v) is 6.51. The number of tetrazole rings is 1. The molecule has 1 aliphatic heterocycles. The number of benzene rings is 1. The van der Waals surface area contributed by atoms with Crippen molar-refractivity contribution in [3.05, 3.63) is 41.7 Å². The lowest BCUT2D eigenvalue weighted by molar-refractivity contribution is 0.0205. The molecule has 0 spiro atoms. The molecule has 0 aliphatic carbocycles. The molecular weight excluding hydrogens is 242 g/mol. The number of ether oxygens (including phenoxy) is 1. The molecule has 0 atom stereocenters. The van der Waals surface area contributed by atoms with Crippen molar-refractivity contribution in [3.8, 4) is 0 Å². The van der Waals surface area contributed by atoms with Crippen molar-refractivity contribution >= 4 is 0 Å². The van der Waals surface area contributed by atoms with Gasteiger partial charge in [0.2, 0.25) is 0 Å². The van der Waals surface area contributed by atoms with E-state index in [1.54, 1.807) is 0 Å². The maximum atomic E-state index is 5.34. The van der Waals surface area contributed by atoms with Crippen LogP contribution >= 0.6 is 0 Å². The summed E-state index contributed by atoms with van der Waals surface area (Å²) in [7, 11) is 0. The molecule has 1 fully saturated rings. The second-order valence-electron chi connectivity index (χ2n) is 4.63. The molecule has 1 aliphatic rings. The summed E-state index contributed by atoms with van der Waals surface area (Å²) in [4.78, 5) is 2.30. The van der Waals surface area contributed by atoms with E-state index in [4.69, 9.17) is 4.74 Å². The summed E-state index contributed by atoms with van der Waals surface area (Å²) in [5, 5.41) is 12.0. The van der Waals surface area contributed by atoms with Crippen molar-refractivity contribution in [1.82, 2.24) is 25.1 Å². The summed E-state index contributed by atoms with van der Waals surface area (Å²) in [5.41, 5.74) is 1.22. The Morgan fingerprint density at radius 1 is 1.11 bits per heavy atom. The summed E-state index contributed by atoms with van der Waals surface area (Å²) in [6.45, 7) is 4.18. The van der Waals surface area contributed by atoms with Gasteiger partial charge in [-0.15, -0.1) is 5.10 Å². The zero-order chi connectivity index (χ0) is 12.9. The van der Waals surface area contributed by atoms with Crippen LogP contribution in [-0.4, -0.2) is 51.4 Å². The van der Waals surface area contributed by atoms with Crippen molar-refractivity contribution < 1.29 is 4.74 Å². The number of morpholine rings is 1. The number of rotatable bonds is 4. The van der Waals surface area contributed by atoms with Gasteiger partial charge in [0.05, 0.1) is 19.9 Å². The lowest BCUT2D eigenvalue weighted by atomic mass is 10.1. The highest BCUT2D eigenvalue weighted by atomic mass is 16.5. The summed E-state index contributed by atoms with van der Waals surface area (Å²) in [6.07, 6.45) is 0.762. The van der Waals surface area contributed by atoms with Gasteiger partial charge in [-0.05, 0) is 16.0 Å². The standard InChI is InChI=1S/C13H17N5O/c1-2-4-12(5-3-1)10-13-14-15-16-18(13)11-17-6-8-19-9-7-17/h1-5H,6-11H2. The zero-order valence-corrected chi connectivity index (χ0v) is 10.8. The van der Waals surface area contributed by atoms with Crippen LogP contribution in [-0.2, 0) is 17.8 Å². The molecule has 19 heavy (non-hydrogen) atoms. The van der Waals surface area contributed by atoms with E-state index in [1.165, 1.54) is 5.56 Å². The van der Waals surface area contributed by atoms with Gasteiger partial charge in [0.1, 0.15) is 0 Å². The van der Waals surface area contributed by atoms with Crippen LogP contribution in [0.15, 0.2) is 30.3 Å². The molecule has 1 aromatic heterocycles. The lowest BCUT2D eigenvalue weighted by Crippen LogP contribution is -2.38. The molecule has 1 saturated heterocycles. The Hall–Kier alpha value is -1.79. The number of hydrogen-bond donors (Lipinski definition) is 0. The molecule has 0 unspecified atom stereocenters. The molecule has 3 rings (SSSR count). The van der Waals surface area contributed by atoms with Gasteiger partial charge in [-0.3, -0.25) is 4.90 Å². The van der Waals surface area contributed by atoms with Crippen LogP contribution in [0.2, 0.25) is 0 Å².